The summed E-state index contributed by atoms with van der Waals surface area (Å²) >= 11 is 15.6. The van der Waals surface area contributed by atoms with Gasteiger partial charge in [-0.2, -0.15) is 0 Å². The number of rotatable bonds is 7. The number of nitrogens with zero attached hydrogens (tertiary/aromatic N) is 2. The molecule has 1 aromatic heterocycles. The maximum atomic E-state index is 12.8. The summed E-state index contributed by atoms with van der Waals surface area (Å²) in [6.07, 6.45) is 1.47. The molecule has 0 saturated carbocycles. The van der Waals surface area contributed by atoms with Crippen molar-refractivity contribution in [2.24, 2.45) is 0 Å². The molecule has 0 spiro atoms. The Morgan fingerprint density at radius 3 is 2.74 bits per heavy atom. The van der Waals surface area contributed by atoms with E-state index in [0.717, 1.165) is 16.2 Å². The molecule has 14 heteroatoms. The zero-order chi connectivity index (χ0) is 24.6. The third-order valence-electron chi connectivity index (χ3n) is 4.83. The van der Waals surface area contributed by atoms with E-state index in [2.05, 4.69) is 15.6 Å². The van der Waals surface area contributed by atoms with Crippen molar-refractivity contribution >= 4 is 92.5 Å². The van der Waals surface area contributed by atoms with Gasteiger partial charge in [-0.3, -0.25) is 19.3 Å². The van der Waals surface area contributed by atoms with Gasteiger partial charge in [0.15, 0.2) is 5.13 Å². The molecule has 2 unspecified atom stereocenters. The average Bonchev–Trinajstić information content (AvgIpc) is 3.24. The van der Waals surface area contributed by atoms with Gasteiger partial charge in [-0.15, -0.1) is 23.5 Å². The highest BCUT2D eigenvalue weighted by Gasteiger charge is 2.54. The van der Waals surface area contributed by atoms with E-state index in [9.17, 15) is 24.3 Å². The number of benzene rings is 1. The summed E-state index contributed by atoms with van der Waals surface area (Å²) in [4.78, 5) is 55.1. The number of hydrogen-bond donors (Lipinski definition) is 3. The highest BCUT2D eigenvalue weighted by atomic mass is 35.5. The Balaban J connectivity index is 1.44. The first-order valence-corrected chi connectivity index (χ1v) is 13.3. The molecule has 0 aliphatic carbocycles. The molecule has 3 heterocycles. The van der Waals surface area contributed by atoms with Gasteiger partial charge in [0.2, 0.25) is 11.8 Å². The van der Waals surface area contributed by atoms with Gasteiger partial charge < -0.3 is 15.7 Å². The molecule has 9 nitrogen and oxygen atoms in total. The van der Waals surface area contributed by atoms with Crippen LogP contribution < -0.4 is 10.6 Å². The van der Waals surface area contributed by atoms with Crippen LogP contribution in [0, 0.1) is 0 Å². The van der Waals surface area contributed by atoms with Crippen LogP contribution in [-0.2, 0) is 19.2 Å². The van der Waals surface area contributed by atoms with Crippen LogP contribution in [0.1, 0.15) is 11.8 Å². The van der Waals surface area contributed by atoms with Gasteiger partial charge in [-0.1, -0.05) is 34.5 Å². The third-order valence-corrected chi connectivity index (χ3v) is 8.82. The maximum Gasteiger partial charge on any atom is 0.353 e. The van der Waals surface area contributed by atoms with Crippen molar-refractivity contribution in [3.05, 3.63) is 45.0 Å². The van der Waals surface area contributed by atoms with Crippen LogP contribution in [-0.4, -0.2) is 61.6 Å². The Morgan fingerprint density at radius 1 is 1.29 bits per heavy atom. The second-order valence-corrected chi connectivity index (χ2v) is 11.2. The fraction of sp³-hybridized carbons (Fsp3) is 0.250. The van der Waals surface area contributed by atoms with E-state index in [1.807, 2.05) is 0 Å². The number of anilines is 1. The van der Waals surface area contributed by atoms with Crippen LogP contribution in [0.15, 0.2) is 35.0 Å². The molecule has 34 heavy (non-hydrogen) atoms. The van der Waals surface area contributed by atoms with E-state index in [4.69, 9.17) is 23.2 Å². The molecule has 1 aromatic carbocycles. The quantitative estimate of drug-likeness (QED) is 0.348. The number of thioether (sulfide) groups is 2. The lowest BCUT2D eigenvalue weighted by molar-refractivity contribution is -0.150. The minimum atomic E-state index is -1.25. The number of β-lactam (4-membered cyclic amide) rings is 1. The van der Waals surface area contributed by atoms with Gasteiger partial charge in [0, 0.05) is 29.3 Å². The van der Waals surface area contributed by atoms with Gasteiger partial charge in [0.1, 0.15) is 17.1 Å². The van der Waals surface area contributed by atoms with Crippen LogP contribution in [0.4, 0.5) is 5.13 Å². The van der Waals surface area contributed by atoms with Crippen molar-refractivity contribution in [2.75, 3.05) is 16.8 Å². The Morgan fingerprint density at radius 2 is 2.06 bits per heavy atom. The van der Waals surface area contributed by atoms with Gasteiger partial charge in [-0.05, 0) is 18.2 Å². The van der Waals surface area contributed by atoms with Gasteiger partial charge in [-0.25, -0.2) is 9.78 Å². The first-order valence-electron chi connectivity index (χ1n) is 9.68. The minimum absolute atomic E-state index is 0.0544. The summed E-state index contributed by atoms with van der Waals surface area (Å²) in [7, 11) is 0. The summed E-state index contributed by atoms with van der Waals surface area (Å²) in [5.41, 5.74) is 0.304. The van der Waals surface area contributed by atoms with E-state index < -0.39 is 23.3 Å². The Labute approximate surface area is 216 Å². The minimum Gasteiger partial charge on any atom is -0.477 e. The highest BCUT2D eigenvalue weighted by molar-refractivity contribution is 8.00. The number of thiazole rings is 1. The lowest BCUT2D eigenvalue weighted by Gasteiger charge is -2.49. The second-order valence-electron chi connectivity index (χ2n) is 7.16. The lowest BCUT2D eigenvalue weighted by atomic mass is 10.0. The molecule has 1 saturated heterocycles. The number of carboxylic acids is 1. The predicted molar refractivity (Wildman–Crippen MR) is 133 cm³/mol. The van der Waals surface area contributed by atoms with Crippen LogP contribution in [0.2, 0.25) is 10.0 Å². The molecule has 178 valence electrons. The van der Waals surface area contributed by atoms with E-state index in [1.54, 1.807) is 18.2 Å². The molecular formula is C20H16Cl2N4O5S3. The zero-order valence-corrected chi connectivity index (χ0v) is 21.3. The fourth-order valence-electron chi connectivity index (χ4n) is 3.36. The molecule has 2 aliphatic heterocycles. The van der Waals surface area contributed by atoms with E-state index in [-0.39, 0.29) is 23.3 Å². The summed E-state index contributed by atoms with van der Waals surface area (Å²) in [6.45, 7) is 1.35. The van der Waals surface area contributed by atoms with E-state index in [1.165, 1.54) is 41.5 Å². The van der Waals surface area contributed by atoms with Crippen molar-refractivity contribution in [3.63, 3.8) is 0 Å². The van der Waals surface area contributed by atoms with Crippen LogP contribution in [0.3, 0.4) is 0 Å². The summed E-state index contributed by atoms with van der Waals surface area (Å²) < 4.78 is 0. The monoisotopic (exact) mass is 558 g/mol. The van der Waals surface area contributed by atoms with Crippen molar-refractivity contribution < 1.29 is 24.3 Å². The Kier molecular flexibility index (Phi) is 7.43. The number of carboxylic acid groups (broad SMARTS) is 1. The largest absolute Gasteiger partial charge is 0.477 e. The van der Waals surface area contributed by atoms with Gasteiger partial charge >= 0.3 is 5.97 Å². The number of aliphatic carboxylic acids is 1. The summed E-state index contributed by atoms with van der Waals surface area (Å²) in [5.74, 6) is -2.03. The number of nitrogens with one attached hydrogen (secondary N) is 2. The first-order chi connectivity index (χ1) is 16.2. The normalized spacial score (nSPS) is 19.4. The van der Waals surface area contributed by atoms with Crippen molar-refractivity contribution in [1.82, 2.24) is 15.2 Å². The highest BCUT2D eigenvalue weighted by Crippen LogP contribution is 2.44. The fourth-order valence-corrected chi connectivity index (χ4v) is 6.83. The number of halogens is 2. The van der Waals surface area contributed by atoms with Crippen molar-refractivity contribution in [1.29, 1.82) is 0 Å². The molecule has 3 N–H and O–H groups in total. The molecule has 0 bridgehead atoms. The van der Waals surface area contributed by atoms with Crippen LogP contribution in [0.5, 0.6) is 0 Å². The van der Waals surface area contributed by atoms with Crippen LogP contribution in [0.25, 0.3) is 5.57 Å². The maximum absolute atomic E-state index is 12.8. The predicted octanol–water partition coefficient (Wildman–Crippen LogP) is 3.40. The SMILES string of the molecule is CC(=O)Nc1ncc(C2=C(C(=O)O)N3C(=O)C(NC(=O)CSc4ccc(Cl)c(Cl)c4)C3SC2)s1. The Bertz CT molecular complexity index is 1230. The summed E-state index contributed by atoms with van der Waals surface area (Å²) in [5, 5.41) is 15.7. The second kappa shape index (κ2) is 10.2. The first kappa shape index (κ1) is 24.9. The van der Waals surface area contributed by atoms with Gasteiger partial charge in [0.05, 0.1) is 20.7 Å². The standard InChI is InChI=1S/C20H16Cl2N4O5S3/c1-8(27)24-20-23-5-13(34-20)10-6-33-18-15(17(29)26(18)16(10)19(30)31)25-14(28)7-32-9-2-3-11(21)12(22)4-9/h2-5,15,18H,6-7H2,1H3,(H,25,28)(H,30,31)(H,23,24,27). The molecule has 4 rings (SSSR count). The van der Waals surface area contributed by atoms with Gasteiger partial charge in [0.25, 0.3) is 5.91 Å². The van der Waals surface area contributed by atoms with Crippen molar-refractivity contribution in [3.8, 4) is 0 Å². The number of aromatic nitrogens is 1. The number of carbonyl (C=O) groups is 4. The molecule has 0 radical (unpaired) electrons. The number of carbonyl (C=O) groups excluding carboxylic acids is 3. The number of fused-ring (bicyclic) bond motifs is 1. The van der Waals surface area contributed by atoms with Crippen LogP contribution >= 0.6 is 58.1 Å². The number of amides is 3. The molecule has 3 amide bonds. The molecule has 1 fully saturated rings. The van der Waals surface area contributed by atoms with E-state index >= 15 is 0 Å². The summed E-state index contributed by atoms with van der Waals surface area (Å²) in [6, 6.07) is 4.20. The molecule has 2 aromatic rings. The molecule has 2 atom stereocenters. The molecule has 2 aliphatic rings. The average molecular weight is 559 g/mol. The number of hydrogen-bond acceptors (Lipinski definition) is 8. The lowest BCUT2D eigenvalue weighted by Crippen LogP contribution is -2.70. The van der Waals surface area contributed by atoms with Crippen molar-refractivity contribution in [2.45, 2.75) is 23.2 Å². The smallest absolute Gasteiger partial charge is 0.353 e. The third kappa shape index (κ3) is 5.05. The Hall–Kier alpha value is -2.25. The molecular weight excluding hydrogens is 543 g/mol. The topological polar surface area (TPSA) is 129 Å². The zero-order valence-electron chi connectivity index (χ0n) is 17.3. The van der Waals surface area contributed by atoms with E-state index in [0.29, 0.717) is 31.4 Å².